The van der Waals surface area contributed by atoms with Gasteiger partial charge in [-0.05, 0) is 124 Å². The third-order valence-electron chi connectivity index (χ3n) is 13.5. The molecular formula is C64H72N4O4. The highest BCUT2D eigenvalue weighted by Crippen LogP contribution is 2.44. The molecule has 0 unspecified atom stereocenters. The molecular weight excluding hydrogens is 889 g/mol. The van der Waals surface area contributed by atoms with Gasteiger partial charge < -0.3 is 19.7 Å². The van der Waals surface area contributed by atoms with Crippen molar-refractivity contribution in [1.82, 2.24) is 0 Å². The van der Waals surface area contributed by atoms with Gasteiger partial charge in [0.25, 0.3) is 0 Å². The summed E-state index contributed by atoms with van der Waals surface area (Å²) in [4.78, 5) is 9.42. The number of fused-ring (bicyclic) bond motifs is 8. The van der Waals surface area contributed by atoms with Crippen LogP contribution >= 0.6 is 0 Å². The Morgan fingerprint density at radius 2 is 0.681 bits per heavy atom. The molecule has 0 saturated carbocycles. The second kappa shape index (κ2) is 21.3. The molecule has 8 bridgehead atoms. The molecule has 2 N–H and O–H groups in total. The van der Waals surface area contributed by atoms with Crippen LogP contribution in [0.15, 0.2) is 107 Å². The molecule has 0 spiro atoms. The summed E-state index contributed by atoms with van der Waals surface area (Å²) in [6.45, 7) is 27.9. The lowest BCUT2D eigenvalue weighted by Crippen LogP contribution is -2.17. The van der Waals surface area contributed by atoms with Crippen LogP contribution in [0.4, 0.5) is 0 Å². The second-order valence-electron chi connectivity index (χ2n) is 23.5. The summed E-state index contributed by atoms with van der Waals surface area (Å²) in [6.07, 6.45) is 5.20. The molecule has 0 fully saturated rings. The van der Waals surface area contributed by atoms with E-state index in [9.17, 15) is 20.7 Å². The van der Waals surface area contributed by atoms with E-state index in [-0.39, 0.29) is 33.2 Å². The Morgan fingerprint density at radius 3 is 0.917 bits per heavy atom. The van der Waals surface area contributed by atoms with Crippen LogP contribution in [0, 0.1) is 22.7 Å². The highest BCUT2D eigenvalue weighted by atomic mass is 16.5. The van der Waals surface area contributed by atoms with Gasteiger partial charge >= 0.3 is 0 Å². The zero-order valence-electron chi connectivity index (χ0n) is 44.5. The summed E-state index contributed by atoms with van der Waals surface area (Å²) in [7, 11) is 0. The van der Waals surface area contributed by atoms with E-state index in [4.69, 9.17) is 19.5 Å². The summed E-state index contributed by atoms with van der Waals surface area (Å²) in [5, 5.41) is 43.9. The fraction of sp³-hybridized carbons (Fsp3) is 0.375. The van der Waals surface area contributed by atoms with Crippen LogP contribution in [0.2, 0.25) is 0 Å². The van der Waals surface area contributed by atoms with Gasteiger partial charge in [0.1, 0.15) is 36.2 Å². The third-order valence-corrected chi connectivity index (χ3v) is 13.5. The quantitative estimate of drug-likeness (QED) is 0.104. The standard InChI is InChI=1S/C64H72N4O4/c1-61(2,3)53-29-45-25-49-33-55(63(7,8)9)35-51(59(49)71-23-21-67-39-43-17-13-41(37-65)14-18-43)27-47-31-54(62(4,5)6)32-48(58(47)70)28-52-36-56(64(10,11)12)34-50(26-46(30-53)57(45)69)60(52)72-24-22-68-40-44-19-15-42(38-66)16-20-44/h13-20,29-36,39-40,69-70H,21-28H2,1-12H3. The number of phenols is 2. The number of aromatic hydroxyl groups is 2. The van der Waals surface area contributed by atoms with E-state index in [0.29, 0.717) is 63.1 Å². The normalized spacial score (nSPS) is 13.2. The predicted molar refractivity (Wildman–Crippen MR) is 293 cm³/mol. The molecule has 0 aliphatic heterocycles. The first-order valence-corrected chi connectivity index (χ1v) is 25.2. The molecule has 8 heteroatoms. The van der Waals surface area contributed by atoms with E-state index in [1.165, 1.54) is 0 Å². The van der Waals surface area contributed by atoms with Crippen LogP contribution in [0.25, 0.3) is 0 Å². The number of benzene rings is 6. The lowest BCUT2D eigenvalue weighted by atomic mass is 9.79. The maximum absolute atomic E-state index is 12.7. The molecule has 1 aliphatic carbocycles. The van der Waals surface area contributed by atoms with Crippen LogP contribution in [0.3, 0.4) is 0 Å². The zero-order chi connectivity index (χ0) is 52.2. The Bertz CT molecular complexity index is 2780. The molecule has 72 heavy (non-hydrogen) atoms. The van der Waals surface area contributed by atoms with E-state index in [2.05, 4.69) is 144 Å². The summed E-state index contributed by atoms with van der Waals surface area (Å²) in [5.74, 6) is 1.94. The van der Waals surface area contributed by atoms with Crippen molar-refractivity contribution >= 4 is 12.4 Å². The highest BCUT2D eigenvalue weighted by molar-refractivity contribution is 5.80. The monoisotopic (exact) mass is 961 g/mol. The van der Waals surface area contributed by atoms with E-state index in [1.54, 1.807) is 36.7 Å². The van der Waals surface area contributed by atoms with Crippen molar-refractivity contribution in [2.24, 2.45) is 9.98 Å². The number of phenolic OH excluding ortho intramolecular Hbond substituents is 2. The minimum Gasteiger partial charge on any atom is -0.507 e. The van der Waals surface area contributed by atoms with Crippen LogP contribution in [-0.2, 0) is 47.3 Å². The van der Waals surface area contributed by atoms with Gasteiger partial charge in [0.15, 0.2) is 0 Å². The molecule has 1 aliphatic rings. The van der Waals surface area contributed by atoms with Crippen molar-refractivity contribution in [3.8, 4) is 35.1 Å². The van der Waals surface area contributed by atoms with Crippen molar-refractivity contribution in [2.75, 3.05) is 26.3 Å². The molecule has 372 valence electrons. The maximum Gasteiger partial charge on any atom is 0.126 e. The van der Waals surface area contributed by atoms with Gasteiger partial charge in [-0.1, -0.05) is 156 Å². The molecule has 0 saturated heterocycles. The van der Waals surface area contributed by atoms with Crippen molar-refractivity contribution < 1.29 is 19.7 Å². The van der Waals surface area contributed by atoms with Gasteiger partial charge in [-0.25, -0.2) is 0 Å². The van der Waals surface area contributed by atoms with Gasteiger partial charge in [-0.15, -0.1) is 0 Å². The number of aliphatic imine (C=N–C) groups is 2. The van der Waals surface area contributed by atoms with E-state index in [0.717, 1.165) is 89.4 Å². The first-order chi connectivity index (χ1) is 33.9. The fourth-order valence-electron chi connectivity index (χ4n) is 9.04. The highest BCUT2D eigenvalue weighted by Gasteiger charge is 2.28. The summed E-state index contributed by atoms with van der Waals surface area (Å²) < 4.78 is 13.8. The third kappa shape index (κ3) is 12.8. The molecule has 0 atom stereocenters. The predicted octanol–water partition coefficient (Wildman–Crippen LogP) is 13.7. The van der Waals surface area contributed by atoms with Crippen LogP contribution in [0.1, 0.15) is 172 Å². The van der Waals surface area contributed by atoms with Crippen molar-refractivity contribution in [2.45, 2.75) is 130 Å². The van der Waals surface area contributed by atoms with Gasteiger partial charge in [-0.3, -0.25) is 9.98 Å². The maximum atomic E-state index is 12.7. The minimum absolute atomic E-state index is 0.228. The Labute approximate surface area is 428 Å². The van der Waals surface area contributed by atoms with Gasteiger partial charge in [0.2, 0.25) is 0 Å². The Morgan fingerprint density at radius 1 is 0.431 bits per heavy atom. The first kappa shape index (κ1) is 52.7. The Hall–Kier alpha value is -7.16. The van der Waals surface area contributed by atoms with Gasteiger partial charge in [0.05, 0.1) is 36.4 Å². The van der Waals surface area contributed by atoms with Gasteiger partial charge in [-0.2, -0.15) is 10.5 Å². The average Bonchev–Trinajstić information content (AvgIpc) is 3.31. The zero-order valence-corrected chi connectivity index (χ0v) is 44.5. The number of hydrogen-bond acceptors (Lipinski definition) is 8. The van der Waals surface area contributed by atoms with Crippen LogP contribution in [-0.4, -0.2) is 48.9 Å². The van der Waals surface area contributed by atoms with Crippen molar-refractivity contribution in [3.63, 3.8) is 0 Å². The number of rotatable bonds is 10. The van der Waals surface area contributed by atoms with Crippen LogP contribution < -0.4 is 9.47 Å². The topological polar surface area (TPSA) is 131 Å². The lowest BCUT2D eigenvalue weighted by Gasteiger charge is -2.28. The molecule has 7 rings (SSSR count). The first-order valence-electron chi connectivity index (χ1n) is 25.2. The van der Waals surface area contributed by atoms with E-state index >= 15 is 0 Å². The second-order valence-corrected chi connectivity index (χ2v) is 23.5. The molecule has 0 heterocycles. The molecule has 6 aromatic carbocycles. The van der Waals surface area contributed by atoms with E-state index < -0.39 is 0 Å². The molecule has 8 nitrogen and oxygen atoms in total. The molecule has 0 aromatic heterocycles. The van der Waals surface area contributed by atoms with Crippen molar-refractivity contribution in [1.29, 1.82) is 10.5 Å². The lowest BCUT2D eigenvalue weighted by molar-refractivity contribution is 0.322. The number of nitrogens with zero attached hydrogens (tertiary/aromatic N) is 4. The van der Waals surface area contributed by atoms with Crippen molar-refractivity contribution in [3.05, 3.63) is 186 Å². The molecule has 6 aromatic rings. The fourth-order valence-corrected chi connectivity index (χ4v) is 9.04. The molecule has 0 amide bonds. The number of nitriles is 2. The number of hydrogen-bond donors (Lipinski definition) is 2. The Kier molecular flexibility index (Phi) is 15.6. The van der Waals surface area contributed by atoms with E-state index in [1.807, 2.05) is 24.3 Å². The van der Waals surface area contributed by atoms with Gasteiger partial charge in [0, 0.05) is 38.1 Å². The summed E-state index contributed by atoms with van der Waals surface area (Å²) >= 11 is 0. The summed E-state index contributed by atoms with van der Waals surface area (Å²) in [5.41, 5.74) is 13.5. The smallest absolute Gasteiger partial charge is 0.126 e. The average molecular weight is 961 g/mol. The Balaban J connectivity index is 1.42. The largest absolute Gasteiger partial charge is 0.507 e. The summed E-state index contributed by atoms with van der Waals surface area (Å²) in [6, 6.07) is 36.6. The minimum atomic E-state index is -0.238. The molecule has 0 radical (unpaired) electrons. The number of ether oxygens (including phenoxy) is 2. The SMILES string of the molecule is CC(C)(C)c1cc2c(O)c(c1)Cc1cc(C(C)(C)C)cc(c1OCCN=Cc1ccc(C#N)cc1)Cc1cc(C(C)(C)C)cc(c1O)Cc1cc(C(C)(C)C)cc(c1OCCN=Cc1ccc(C#N)cc1)C2. The van der Waals surface area contributed by atoms with Crippen LogP contribution in [0.5, 0.6) is 23.0 Å².